The fraction of sp³-hybridized carbons (Fsp3) is 0. The van der Waals surface area contributed by atoms with Gasteiger partial charge in [-0.15, -0.1) is 0 Å². The molecule has 14 heavy (non-hydrogen) atoms. The Morgan fingerprint density at radius 1 is 1.07 bits per heavy atom. The van der Waals surface area contributed by atoms with Crippen LogP contribution < -0.4 is 0 Å². The monoisotopic (exact) mass is 209 g/mol. The topological polar surface area (TPSA) is 38.7 Å². The highest BCUT2D eigenvalue weighted by molar-refractivity contribution is 6.31. The summed E-state index contributed by atoms with van der Waals surface area (Å²) >= 11 is 5.79. The van der Waals surface area contributed by atoms with Gasteiger partial charge in [-0.1, -0.05) is 11.6 Å². The molecule has 2 rings (SSSR count). The minimum Gasteiger partial charge on any atom is -0.251 e. The fourth-order valence-corrected chi connectivity index (χ4v) is 1.28. The zero-order chi connectivity index (χ0) is 9.97. The molecule has 0 aromatic carbocycles. The van der Waals surface area contributed by atoms with Crippen molar-refractivity contribution >= 4 is 11.6 Å². The van der Waals surface area contributed by atoms with Gasteiger partial charge in [-0.2, -0.15) is 4.39 Å². The maximum atomic E-state index is 12.8. The maximum Gasteiger partial charge on any atom is 0.213 e. The molecule has 3 nitrogen and oxygen atoms in total. The molecule has 0 unspecified atom stereocenters. The summed E-state index contributed by atoms with van der Waals surface area (Å²) in [7, 11) is 0. The van der Waals surface area contributed by atoms with Gasteiger partial charge in [0.2, 0.25) is 5.95 Å². The molecule has 2 aromatic rings. The molecule has 0 aliphatic rings. The SMILES string of the molecule is Fc1cc(-c2nccnc2Cl)ccn1. The Morgan fingerprint density at radius 3 is 2.57 bits per heavy atom. The van der Waals surface area contributed by atoms with E-state index in [-0.39, 0.29) is 5.15 Å². The van der Waals surface area contributed by atoms with E-state index in [2.05, 4.69) is 15.0 Å². The molecule has 70 valence electrons. The van der Waals surface area contributed by atoms with Gasteiger partial charge in [-0.25, -0.2) is 9.97 Å². The zero-order valence-corrected chi connectivity index (χ0v) is 7.74. The Bertz CT molecular complexity index is 461. The first-order chi connectivity index (χ1) is 6.77. The van der Waals surface area contributed by atoms with Crippen LogP contribution in [0.4, 0.5) is 4.39 Å². The van der Waals surface area contributed by atoms with Crippen LogP contribution >= 0.6 is 11.6 Å². The minimum atomic E-state index is -0.566. The first-order valence-corrected chi connectivity index (χ1v) is 4.23. The van der Waals surface area contributed by atoms with Crippen LogP contribution in [0.2, 0.25) is 5.15 Å². The van der Waals surface area contributed by atoms with E-state index >= 15 is 0 Å². The van der Waals surface area contributed by atoms with Crippen molar-refractivity contribution in [3.63, 3.8) is 0 Å². The van der Waals surface area contributed by atoms with Crippen molar-refractivity contribution in [1.29, 1.82) is 0 Å². The minimum absolute atomic E-state index is 0.248. The van der Waals surface area contributed by atoms with Gasteiger partial charge in [0.25, 0.3) is 0 Å². The van der Waals surface area contributed by atoms with Gasteiger partial charge in [0.1, 0.15) is 5.69 Å². The molecule has 0 fully saturated rings. The smallest absolute Gasteiger partial charge is 0.213 e. The lowest BCUT2D eigenvalue weighted by atomic mass is 10.2. The lowest BCUT2D eigenvalue weighted by molar-refractivity contribution is 0.584. The number of rotatable bonds is 1. The van der Waals surface area contributed by atoms with Crippen molar-refractivity contribution in [2.75, 3.05) is 0 Å². The van der Waals surface area contributed by atoms with Crippen LogP contribution in [0.1, 0.15) is 0 Å². The zero-order valence-electron chi connectivity index (χ0n) is 6.98. The van der Waals surface area contributed by atoms with E-state index in [1.807, 2.05) is 0 Å². The molecule has 0 spiro atoms. The number of hydrogen-bond donors (Lipinski definition) is 0. The second-order valence-corrected chi connectivity index (χ2v) is 2.92. The third-order valence-corrected chi connectivity index (χ3v) is 1.93. The molecule has 2 aromatic heterocycles. The van der Waals surface area contributed by atoms with E-state index < -0.39 is 5.95 Å². The van der Waals surface area contributed by atoms with Crippen molar-refractivity contribution < 1.29 is 4.39 Å². The number of aromatic nitrogens is 3. The summed E-state index contributed by atoms with van der Waals surface area (Å²) in [6.07, 6.45) is 4.33. The summed E-state index contributed by atoms with van der Waals surface area (Å²) in [5, 5.41) is 0.248. The second kappa shape index (κ2) is 3.67. The number of hydrogen-bond acceptors (Lipinski definition) is 3. The van der Waals surface area contributed by atoms with E-state index in [4.69, 9.17) is 11.6 Å². The predicted molar refractivity (Wildman–Crippen MR) is 50.2 cm³/mol. The highest BCUT2D eigenvalue weighted by Gasteiger charge is 2.06. The number of pyridine rings is 1. The van der Waals surface area contributed by atoms with Gasteiger partial charge in [0.15, 0.2) is 5.15 Å². The Kier molecular flexibility index (Phi) is 2.37. The van der Waals surface area contributed by atoms with Crippen LogP contribution in [0.5, 0.6) is 0 Å². The van der Waals surface area contributed by atoms with E-state index in [1.54, 1.807) is 6.07 Å². The molecule has 5 heteroatoms. The fourth-order valence-electron chi connectivity index (χ4n) is 1.06. The van der Waals surface area contributed by atoms with Crippen LogP contribution in [-0.4, -0.2) is 15.0 Å². The lowest BCUT2D eigenvalue weighted by Gasteiger charge is -2.00. The van der Waals surface area contributed by atoms with Crippen LogP contribution in [-0.2, 0) is 0 Å². The summed E-state index contributed by atoms with van der Waals surface area (Å²) < 4.78 is 12.8. The Labute approximate surface area is 84.6 Å². The van der Waals surface area contributed by atoms with Gasteiger partial charge in [0.05, 0.1) is 0 Å². The molecule has 0 saturated carbocycles. The van der Waals surface area contributed by atoms with E-state index in [0.29, 0.717) is 11.3 Å². The third-order valence-electron chi connectivity index (χ3n) is 1.65. The molecule has 0 saturated heterocycles. The Hall–Kier alpha value is -1.55. The molecular weight excluding hydrogens is 205 g/mol. The first kappa shape index (κ1) is 9.02. The highest BCUT2D eigenvalue weighted by atomic mass is 35.5. The molecule has 0 aliphatic carbocycles. The lowest BCUT2D eigenvalue weighted by Crippen LogP contribution is -1.89. The first-order valence-electron chi connectivity index (χ1n) is 3.86. The standard InChI is InChI=1S/C9H5ClFN3/c10-9-8(13-3-4-14-9)6-1-2-12-7(11)5-6/h1-5H. The van der Waals surface area contributed by atoms with Gasteiger partial charge >= 0.3 is 0 Å². The Morgan fingerprint density at radius 2 is 1.86 bits per heavy atom. The molecule has 0 aliphatic heterocycles. The van der Waals surface area contributed by atoms with Gasteiger partial charge in [0, 0.05) is 30.2 Å². The summed E-state index contributed by atoms with van der Waals surface area (Å²) in [5.41, 5.74) is 1.02. The average molecular weight is 210 g/mol. The van der Waals surface area contributed by atoms with Crippen LogP contribution in [0.15, 0.2) is 30.7 Å². The van der Waals surface area contributed by atoms with E-state index in [9.17, 15) is 4.39 Å². The summed E-state index contributed by atoms with van der Waals surface area (Å²) in [4.78, 5) is 11.3. The average Bonchev–Trinajstić information content (AvgIpc) is 2.18. The molecule has 0 radical (unpaired) electrons. The number of nitrogens with zero attached hydrogens (tertiary/aromatic N) is 3. The molecular formula is C9H5ClFN3. The number of halogens is 2. The van der Waals surface area contributed by atoms with Crippen LogP contribution in [0, 0.1) is 5.95 Å². The van der Waals surface area contributed by atoms with E-state index in [0.717, 1.165) is 0 Å². The quantitative estimate of drug-likeness (QED) is 0.677. The van der Waals surface area contributed by atoms with Crippen LogP contribution in [0.3, 0.4) is 0 Å². The van der Waals surface area contributed by atoms with Gasteiger partial charge in [-0.3, -0.25) is 4.98 Å². The highest BCUT2D eigenvalue weighted by Crippen LogP contribution is 2.22. The van der Waals surface area contributed by atoms with Crippen molar-refractivity contribution in [1.82, 2.24) is 15.0 Å². The van der Waals surface area contributed by atoms with Crippen molar-refractivity contribution in [3.05, 3.63) is 41.8 Å². The van der Waals surface area contributed by atoms with Gasteiger partial charge in [-0.05, 0) is 6.07 Å². The van der Waals surface area contributed by atoms with Crippen LogP contribution in [0.25, 0.3) is 11.3 Å². The van der Waals surface area contributed by atoms with Crippen molar-refractivity contribution in [2.24, 2.45) is 0 Å². The van der Waals surface area contributed by atoms with Crippen molar-refractivity contribution in [2.45, 2.75) is 0 Å². The Balaban J connectivity index is 2.55. The third kappa shape index (κ3) is 1.70. The second-order valence-electron chi connectivity index (χ2n) is 2.56. The molecule has 0 bridgehead atoms. The van der Waals surface area contributed by atoms with Crippen molar-refractivity contribution in [3.8, 4) is 11.3 Å². The summed E-state index contributed by atoms with van der Waals surface area (Å²) in [5.74, 6) is -0.566. The van der Waals surface area contributed by atoms with E-state index in [1.165, 1.54) is 24.7 Å². The van der Waals surface area contributed by atoms with Gasteiger partial charge < -0.3 is 0 Å². The molecule has 0 amide bonds. The largest absolute Gasteiger partial charge is 0.251 e. The predicted octanol–water partition coefficient (Wildman–Crippen LogP) is 2.33. The summed E-state index contributed by atoms with van der Waals surface area (Å²) in [6, 6.07) is 2.88. The normalized spacial score (nSPS) is 10.1. The molecule has 0 atom stereocenters. The maximum absolute atomic E-state index is 12.8. The summed E-state index contributed by atoms with van der Waals surface area (Å²) in [6.45, 7) is 0. The molecule has 0 N–H and O–H groups in total. The molecule has 2 heterocycles.